The molecule has 0 spiro atoms. The molecule has 0 aromatic rings. The van der Waals surface area contributed by atoms with Gasteiger partial charge in [-0.2, -0.15) is 0 Å². The van der Waals surface area contributed by atoms with Gasteiger partial charge in [0.15, 0.2) is 0 Å². The van der Waals surface area contributed by atoms with Gasteiger partial charge in [0.05, 0.1) is 0 Å². The van der Waals surface area contributed by atoms with Crippen LogP contribution in [-0.4, -0.2) is 10.2 Å². The first kappa shape index (κ1) is 9.97. The zero-order valence-corrected chi connectivity index (χ0v) is 9.52. The van der Waals surface area contributed by atoms with Crippen molar-refractivity contribution in [1.82, 2.24) is 0 Å². The van der Waals surface area contributed by atoms with E-state index in [0.717, 1.165) is 0 Å². The molecule has 0 radical (unpaired) electrons. The van der Waals surface area contributed by atoms with Crippen molar-refractivity contribution in [2.45, 2.75) is 20.8 Å². The third-order valence-electron chi connectivity index (χ3n) is 0.919. The van der Waals surface area contributed by atoms with Crippen molar-refractivity contribution < 1.29 is 19.4 Å². The van der Waals surface area contributed by atoms with Gasteiger partial charge in [0, 0.05) is 0 Å². The summed E-state index contributed by atoms with van der Waals surface area (Å²) in [6.07, 6.45) is 3.09. The Balaban J connectivity index is 4.11. The van der Waals surface area contributed by atoms with Gasteiger partial charge < -0.3 is 0 Å². The van der Waals surface area contributed by atoms with Gasteiger partial charge in [-0.1, -0.05) is 0 Å². The molecule has 0 aromatic carbocycles. The van der Waals surface area contributed by atoms with Crippen LogP contribution >= 0.6 is 0 Å². The number of aliphatic imine (C=N–C) groups is 1. The Bertz CT molecular complexity index is 163. The van der Waals surface area contributed by atoms with E-state index in [1.165, 1.54) is 29.5 Å². The van der Waals surface area contributed by atoms with E-state index in [1.54, 1.807) is 6.21 Å². The van der Waals surface area contributed by atoms with E-state index < -0.39 is 0 Å². The molecule has 10 heavy (non-hydrogen) atoms. The Morgan fingerprint density at radius 1 is 1.50 bits per heavy atom. The van der Waals surface area contributed by atoms with Gasteiger partial charge in [-0.15, -0.1) is 0 Å². The molecular weight excluding hydrogens is 294 g/mol. The predicted octanol–water partition coefficient (Wildman–Crippen LogP) is 1.77. The Labute approximate surface area is 73.7 Å². The molecule has 56 valence electrons. The molecule has 0 aliphatic rings. The van der Waals surface area contributed by atoms with Crippen LogP contribution in [0.15, 0.2) is 11.1 Å². The van der Waals surface area contributed by atoms with Gasteiger partial charge in [-0.05, 0) is 0 Å². The quantitative estimate of drug-likeness (QED) is 0.545. The van der Waals surface area contributed by atoms with E-state index in [0.29, 0.717) is 0 Å². The molecule has 0 amide bonds. The second-order valence-corrected chi connectivity index (χ2v) is 4.42. The summed E-state index contributed by atoms with van der Waals surface area (Å²) in [5, 5.41) is 0. The fraction of sp³-hybridized carbons (Fsp3) is 0.500. The topological polar surface area (TPSA) is 12.4 Å². The fourth-order valence-corrected chi connectivity index (χ4v) is 0.523. The minimum absolute atomic E-state index is 0.189. The second kappa shape index (κ2) is 3.98. The molecule has 0 heterocycles. The first-order valence-corrected chi connectivity index (χ1v) is 4.57. The Morgan fingerprint density at radius 2 is 2.00 bits per heavy atom. The first-order valence-electron chi connectivity index (χ1n) is 3.10. The van der Waals surface area contributed by atoms with Crippen LogP contribution < -0.4 is 0 Å². The predicted molar refractivity (Wildman–Crippen MR) is 41.8 cm³/mol. The van der Waals surface area contributed by atoms with E-state index >= 15 is 0 Å². The van der Waals surface area contributed by atoms with Crippen molar-refractivity contribution in [2.24, 2.45) is 10.4 Å². The summed E-state index contributed by atoms with van der Waals surface area (Å²) in [7, 11) is 0. The van der Waals surface area contributed by atoms with Gasteiger partial charge in [0.25, 0.3) is 0 Å². The number of allylic oxidation sites excluding steroid dienone is 1. The number of nitrogens with zero attached hydrogens (tertiary/aromatic N) is 1. The molecule has 0 aliphatic carbocycles. The van der Waals surface area contributed by atoms with Gasteiger partial charge in [-0.3, -0.25) is 0 Å². The van der Waals surface area contributed by atoms with Crippen molar-refractivity contribution in [2.75, 3.05) is 0 Å². The first-order chi connectivity index (χ1) is 4.48. The van der Waals surface area contributed by atoms with Crippen LogP contribution in [0.2, 0.25) is 0 Å². The molecule has 0 atom stereocenters. The molecule has 0 N–H and O–H groups in total. The Hall–Kier alpha value is -0.0317. The SMILES string of the molecule is [CH-]=CC=N[C](=[W])C(C)(C)C. The van der Waals surface area contributed by atoms with E-state index in [9.17, 15) is 0 Å². The summed E-state index contributed by atoms with van der Waals surface area (Å²) in [4.78, 5) is 4.16. The summed E-state index contributed by atoms with van der Waals surface area (Å²) in [5.74, 6) is 0. The molecule has 2 heteroatoms. The Morgan fingerprint density at radius 3 is 2.30 bits per heavy atom. The van der Waals surface area contributed by atoms with Gasteiger partial charge >= 0.3 is 73.4 Å². The summed E-state index contributed by atoms with van der Waals surface area (Å²) in [6.45, 7) is 11.6. The van der Waals surface area contributed by atoms with Crippen LogP contribution in [0.5, 0.6) is 0 Å². The fourth-order valence-electron chi connectivity index (χ4n) is 0.304. The maximum absolute atomic E-state index is 5.14. The van der Waals surface area contributed by atoms with E-state index in [-0.39, 0.29) is 5.41 Å². The molecule has 0 aliphatic heterocycles. The third kappa shape index (κ3) is 3.89. The summed E-state index contributed by atoms with van der Waals surface area (Å²) in [5.41, 5.74) is 0.189. The van der Waals surface area contributed by atoms with Crippen LogP contribution in [-0.2, 0) is 19.4 Å². The summed E-state index contributed by atoms with van der Waals surface area (Å²) in [6, 6.07) is 0. The molecular formula is C8H12NW-. The molecule has 0 unspecified atom stereocenters. The molecule has 1 nitrogen and oxygen atoms in total. The number of hydrogen-bond donors (Lipinski definition) is 0. The average Bonchev–Trinajstić information content (AvgIpc) is 1.80. The minimum atomic E-state index is 0.189. The normalized spacial score (nSPS) is 11.9. The van der Waals surface area contributed by atoms with E-state index in [2.05, 4.69) is 25.8 Å². The third-order valence-corrected chi connectivity index (χ3v) is 3.50. The van der Waals surface area contributed by atoms with Crippen LogP contribution in [0.3, 0.4) is 0 Å². The summed E-state index contributed by atoms with van der Waals surface area (Å²) >= 11 is 1.40. The number of rotatable bonds is 2. The van der Waals surface area contributed by atoms with Crippen molar-refractivity contribution >= 4 is 10.2 Å². The monoisotopic (exact) mass is 306 g/mol. The summed E-state index contributed by atoms with van der Waals surface area (Å²) < 4.78 is 1.18. The Kier molecular flexibility index (Phi) is 3.96. The standard InChI is InChI=1S/C8H12N.W/c1-5-6-9-7-8(2,3)4;/h1,5-6H,2-4H3;/q-1;. The molecule has 0 fully saturated rings. The van der Waals surface area contributed by atoms with Gasteiger partial charge in [0.2, 0.25) is 0 Å². The zero-order valence-electron chi connectivity index (χ0n) is 6.59. The van der Waals surface area contributed by atoms with Crippen LogP contribution in [0.25, 0.3) is 0 Å². The van der Waals surface area contributed by atoms with Gasteiger partial charge in [-0.25, -0.2) is 0 Å². The molecule has 0 aromatic heterocycles. The second-order valence-electron chi connectivity index (χ2n) is 3.03. The average molecular weight is 306 g/mol. The van der Waals surface area contributed by atoms with E-state index in [1.807, 2.05) is 0 Å². The number of hydrogen-bond acceptors (Lipinski definition) is 1. The van der Waals surface area contributed by atoms with Crippen molar-refractivity contribution in [3.8, 4) is 0 Å². The van der Waals surface area contributed by atoms with Crippen LogP contribution in [0, 0.1) is 12.0 Å². The van der Waals surface area contributed by atoms with Crippen LogP contribution in [0.1, 0.15) is 20.8 Å². The molecule has 0 bridgehead atoms. The zero-order chi connectivity index (χ0) is 8.20. The maximum atomic E-state index is 5.14. The van der Waals surface area contributed by atoms with Crippen molar-refractivity contribution in [1.29, 1.82) is 0 Å². The van der Waals surface area contributed by atoms with Crippen LogP contribution in [0.4, 0.5) is 0 Å². The molecule has 0 saturated carbocycles. The van der Waals surface area contributed by atoms with E-state index in [4.69, 9.17) is 6.58 Å². The van der Waals surface area contributed by atoms with Crippen molar-refractivity contribution in [3.05, 3.63) is 12.7 Å². The van der Waals surface area contributed by atoms with Gasteiger partial charge in [0.1, 0.15) is 0 Å². The van der Waals surface area contributed by atoms with Crippen molar-refractivity contribution in [3.63, 3.8) is 0 Å². The molecule has 0 saturated heterocycles. The molecule has 0 rings (SSSR count).